The van der Waals surface area contributed by atoms with Gasteiger partial charge in [-0.2, -0.15) is 0 Å². The van der Waals surface area contributed by atoms with Crippen LogP contribution in [0.3, 0.4) is 0 Å². The van der Waals surface area contributed by atoms with Crippen molar-refractivity contribution in [2.75, 3.05) is 0 Å². The summed E-state index contributed by atoms with van der Waals surface area (Å²) in [5.74, 6) is 7.37. The molecule has 16 heavy (non-hydrogen) atoms. The molecule has 0 radical (unpaired) electrons. The molecular weight excluding hydrogens is 192 g/mol. The topological polar surface area (TPSA) is 0 Å². The van der Waals surface area contributed by atoms with E-state index in [0.717, 1.165) is 41.4 Å². The zero-order chi connectivity index (χ0) is 11.1. The molecule has 0 spiro atoms. The van der Waals surface area contributed by atoms with Crippen molar-refractivity contribution < 1.29 is 0 Å². The lowest BCUT2D eigenvalue weighted by atomic mass is 9.63. The highest BCUT2D eigenvalue weighted by Crippen LogP contribution is 2.69. The largest absolute Gasteiger partial charge is 0.0848 e. The lowest BCUT2D eigenvalue weighted by molar-refractivity contribution is 0.0754. The molecule has 4 aliphatic carbocycles. The zero-order valence-electron chi connectivity index (χ0n) is 10.8. The highest BCUT2D eigenvalue weighted by atomic mass is 14.7. The van der Waals surface area contributed by atoms with Crippen molar-refractivity contribution in [3.05, 3.63) is 12.2 Å². The molecule has 0 heterocycles. The van der Waals surface area contributed by atoms with Gasteiger partial charge in [0.2, 0.25) is 0 Å². The Morgan fingerprint density at radius 1 is 0.875 bits per heavy atom. The summed E-state index contributed by atoms with van der Waals surface area (Å²) in [4.78, 5) is 0. The summed E-state index contributed by atoms with van der Waals surface area (Å²) in [7, 11) is 0. The molecule has 0 amide bonds. The molecular formula is C16H24. The monoisotopic (exact) mass is 216 g/mol. The summed E-state index contributed by atoms with van der Waals surface area (Å²) in [6, 6.07) is 0. The molecule has 0 aromatic rings. The maximum absolute atomic E-state index is 2.56. The van der Waals surface area contributed by atoms with Crippen molar-refractivity contribution in [3.8, 4) is 0 Å². The van der Waals surface area contributed by atoms with Crippen molar-refractivity contribution in [2.24, 2.45) is 46.8 Å². The van der Waals surface area contributed by atoms with Crippen molar-refractivity contribution in [1.29, 1.82) is 0 Å². The Hall–Kier alpha value is -0.260. The van der Waals surface area contributed by atoms with Gasteiger partial charge < -0.3 is 0 Å². The van der Waals surface area contributed by atoms with Crippen molar-refractivity contribution in [1.82, 2.24) is 0 Å². The van der Waals surface area contributed by atoms with Crippen LogP contribution in [0.4, 0.5) is 0 Å². The third kappa shape index (κ3) is 1.02. The first kappa shape index (κ1) is 9.74. The Labute approximate surface area is 99.5 Å². The smallest absolute Gasteiger partial charge is 0.0194 e. The Bertz CT molecular complexity index is 346. The molecule has 4 rings (SSSR count). The van der Waals surface area contributed by atoms with Crippen molar-refractivity contribution in [3.63, 3.8) is 0 Å². The lowest BCUT2D eigenvalue weighted by Crippen LogP contribution is -2.36. The second-order valence-corrected chi connectivity index (χ2v) is 7.97. The fraction of sp³-hybridized carbons (Fsp3) is 0.875. The maximum Gasteiger partial charge on any atom is -0.0194 e. The molecule has 88 valence electrons. The van der Waals surface area contributed by atoms with Crippen LogP contribution in [0, 0.1) is 46.8 Å². The predicted octanol–water partition coefficient (Wildman–Crippen LogP) is 4.13. The molecule has 3 fully saturated rings. The van der Waals surface area contributed by atoms with Gasteiger partial charge in [-0.25, -0.2) is 0 Å². The number of fused-ring (bicyclic) bond motifs is 9. The van der Waals surface area contributed by atoms with E-state index in [1.807, 2.05) is 0 Å². The zero-order valence-corrected chi connectivity index (χ0v) is 10.8. The maximum atomic E-state index is 2.56. The Morgan fingerprint density at radius 3 is 2.25 bits per heavy atom. The molecule has 7 unspecified atom stereocenters. The average molecular weight is 216 g/mol. The van der Waals surface area contributed by atoms with Gasteiger partial charge >= 0.3 is 0 Å². The Morgan fingerprint density at radius 2 is 1.56 bits per heavy atom. The molecule has 4 aliphatic rings. The first-order chi connectivity index (χ1) is 7.55. The molecule has 4 bridgehead atoms. The Balaban J connectivity index is 1.68. The summed E-state index contributed by atoms with van der Waals surface area (Å²) in [5.41, 5.74) is 0.552. The SMILES string of the molecule is CC(C)(C)C1CC2CC1C1C3C=CC(C3)C21. The summed E-state index contributed by atoms with van der Waals surface area (Å²) in [6.07, 6.45) is 9.75. The standard InChI is InChI=1S/C16H24/c1-16(2,3)13-8-11-7-12(13)15-10-5-4-9(6-10)14(11)15/h4-5,9-15H,6-8H2,1-3H3. The molecule has 7 atom stereocenters. The van der Waals surface area contributed by atoms with E-state index >= 15 is 0 Å². The van der Waals surface area contributed by atoms with E-state index in [9.17, 15) is 0 Å². The number of rotatable bonds is 0. The summed E-state index contributed by atoms with van der Waals surface area (Å²) in [5, 5.41) is 0. The van der Waals surface area contributed by atoms with Gasteiger partial charge in [-0.05, 0) is 66.1 Å². The quantitative estimate of drug-likeness (QED) is 0.422. The number of hydrogen-bond donors (Lipinski definition) is 0. The van der Waals surface area contributed by atoms with Crippen molar-refractivity contribution in [2.45, 2.75) is 40.0 Å². The van der Waals surface area contributed by atoms with Crippen LogP contribution >= 0.6 is 0 Å². The van der Waals surface area contributed by atoms with Gasteiger partial charge in [0, 0.05) is 0 Å². The third-order valence-corrected chi connectivity index (χ3v) is 6.38. The van der Waals surface area contributed by atoms with Crippen LogP contribution in [0.15, 0.2) is 12.2 Å². The predicted molar refractivity (Wildman–Crippen MR) is 66.9 cm³/mol. The van der Waals surface area contributed by atoms with Crippen LogP contribution in [0.25, 0.3) is 0 Å². The summed E-state index contributed by atoms with van der Waals surface area (Å²) < 4.78 is 0. The molecule has 0 N–H and O–H groups in total. The minimum Gasteiger partial charge on any atom is -0.0848 e. The Kier molecular flexibility index (Phi) is 1.68. The molecule has 3 saturated carbocycles. The van der Waals surface area contributed by atoms with Gasteiger partial charge in [-0.3, -0.25) is 0 Å². The van der Waals surface area contributed by atoms with Gasteiger partial charge in [0.05, 0.1) is 0 Å². The van der Waals surface area contributed by atoms with E-state index in [2.05, 4.69) is 32.9 Å². The second-order valence-electron chi connectivity index (χ2n) is 7.97. The van der Waals surface area contributed by atoms with E-state index in [1.54, 1.807) is 12.8 Å². The fourth-order valence-corrected chi connectivity index (χ4v) is 6.01. The van der Waals surface area contributed by atoms with E-state index in [-0.39, 0.29) is 0 Å². The highest BCUT2D eigenvalue weighted by molar-refractivity contribution is 5.21. The molecule has 0 aromatic heterocycles. The molecule has 0 aromatic carbocycles. The van der Waals surface area contributed by atoms with E-state index in [1.165, 1.54) is 6.42 Å². The van der Waals surface area contributed by atoms with Gasteiger partial charge in [0.25, 0.3) is 0 Å². The highest BCUT2D eigenvalue weighted by Gasteiger charge is 2.62. The molecule has 0 saturated heterocycles. The normalized spacial score (nSPS) is 57.3. The third-order valence-electron chi connectivity index (χ3n) is 6.38. The van der Waals surface area contributed by atoms with Gasteiger partial charge in [-0.1, -0.05) is 32.9 Å². The molecule has 0 aliphatic heterocycles. The summed E-state index contributed by atoms with van der Waals surface area (Å²) >= 11 is 0. The molecule has 0 nitrogen and oxygen atoms in total. The number of hydrogen-bond acceptors (Lipinski definition) is 0. The van der Waals surface area contributed by atoms with Crippen molar-refractivity contribution >= 4 is 0 Å². The van der Waals surface area contributed by atoms with Gasteiger partial charge in [0.1, 0.15) is 0 Å². The van der Waals surface area contributed by atoms with E-state index in [4.69, 9.17) is 0 Å². The minimum atomic E-state index is 0.552. The fourth-order valence-electron chi connectivity index (χ4n) is 6.01. The van der Waals surface area contributed by atoms with Crippen LogP contribution in [-0.2, 0) is 0 Å². The van der Waals surface area contributed by atoms with Crippen LogP contribution in [0.1, 0.15) is 40.0 Å². The second kappa shape index (κ2) is 2.76. The summed E-state index contributed by atoms with van der Waals surface area (Å²) in [6.45, 7) is 7.41. The molecule has 0 heteroatoms. The van der Waals surface area contributed by atoms with Crippen LogP contribution in [0.2, 0.25) is 0 Å². The first-order valence-electron chi connectivity index (χ1n) is 7.24. The van der Waals surface area contributed by atoms with E-state index in [0.29, 0.717) is 5.41 Å². The lowest BCUT2D eigenvalue weighted by Gasteiger charge is -2.42. The minimum absolute atomic E-state index is 0.552. The van der Waals surface area contributed by atoms with Gasteiger partial charge in [-0.15, -0.1) is 0 Å². The van der Waals surface area contributed by atoms with E-state index < -0.39 is 0 Å². The van der Waals surface area contributed by atoms with Crippen LogP contribution < -0.4 is 0 Å². The van der Waals surface area contributed by atoms with Crippen LogP contribution in [-0.4, -0.2) is 0 Å². The van der Waals surface area contributed by atoms with Gasteiger partial charge in [0.15, 0.2) is 0 Å². The average Bonchev–Trinajstić information content (AvgIpc) is 2.94. The first-order valence-corrected chi connectivity index (χ1v) is 7.24. The van der Waals surface area contributed by atoms with Crippen LogP contribution in [0.5, 0.6) is 0 Å². The number of allylic oxidation sites excluding steroid dienone is 2.